The van der Waals surface area contributed by atoms with E-state index in [1.165, 1.54) is 37.9 Å². The molecule has 3 rings (SSSR count). The Balaban J connectivity index is 1.64. The molecule has 0 spiro atoms. The predicted molar refractivity (Wildman–Crippen MR) is 89.3 cm³/mol. The Morgan fingerprint density at radius 2 is 1.95 bits per heavy atom. The Kier molecular flexibility index (Phi) is 4.37. The van der Waals surface area contributed by atoms with Crippen molar-refractivity contribution in [3.8, 4) is 0 Å². The van der Waals surface area contributed by atoms with E-state index in [0.29, 0.717) is 5.41 Å². The Labute approximate surface area is 129 Å². The lowest BCUT2D eigenvalue weighted by Crippen LogP contribution is -2.38. The van der Waals surface area contributed by atoms with E-state index in [2.05, 4.69) is 49.2 Å². The molecule has 0 unspecified atom stereocenters. The molecule has 0 saturated carbocycles. The molecule has 0 aromatic heterocycles. The molecule has 116 valence electrons. The van der Waals surface area contributed by atoms with Crippen LogP contribution in [0.3, 0.4) is 0 Å². The van der Waals surface area contributed by atoms with Gasteiger partial charge in [-0.15, -0.1) is 0 Å². The van der Waals surface area contributed by atoms with Crippen LogP contribution in [0.4, 0.5) is 0 Å². The number of benzene rings is 1. The second-order valence-electron chi connectivity index (χ2n) is 7.90. The van der Waals surface area contributed by atoms with Crippen LogP contribution in [0.15, 0.2) is 18.2 Å². The van der Waals surface area contributed by atoms with Crippen molar-refractivity contribution < 1.29 is 0 Å². The largest absolute Gasteiger partial charge is 0.312 e. The summed E-state index contributed by atoms with van der Waals surface area (Å²) in [6, 6.07) is 6.87. The first-order valence-electron chi connectivity index (χ1n) is 8.57. The summed E-state index contributed by atoms with van der Waals surface area (Å²) in [5.41, 5.74) is 5.18. The molecule has 0 bridgehead atoms. The third-order valence-electron chi connectivity index (χ3n) is 5.44. The van der Waals surface area contributed by atoms with Crippen molar-refractivity contribution in [2.45, 2.75) is 53.1 Å². The number of nitrogens with one attached hydrogen (secondary N) is 1. The van der Waals surface area contributed by atoms with Gasteiger partial charge in [0.25, 0.3) is 0 Å². The number of fused-ring (bicyclic) bond motifs is 1. The number of likely N-dealkylation sites (tertiary alicyclic amines) is 1. The first-order valence-corrected chi connectivity index (χ1v) is 8.57. The topological polar surface area (TPSA) is 15.3 Å². The molecule has 1 N–H and O–H groups in total. The van der Waals surface area contributed by atoms with Crippen molar-refractivity contribution in [2.24, 2.45) is 11.3 Å². The molecule has 2 heterocycles. The first-order chi connectivity index (χ1) is 10.0. The zero-order chi connectivity index (χ0) is 14.9. The summed E-state index contributed by atoms with van der Waals surface area (Å²) < 4.78 is 0. The minimum Gasteiger partial charge on any atom is -0.312 e. The maximum atomic E-state index is 3.48. The van der Waals surface area contributed by atoms with Crippen LogP contribution in [-0.4, -0.2) is 24.5 Å². The fraction of sp³-hybridized carbons (Fsp3) is 0.684. The quantitative estimate of drug-likeness (QED) is 0.894. The SMILES string of the molecule is CC(C)(C)C1CCN(Cc2cccc3c2CCNC3)CC1. The standard InChI is InChI=1S/C19H30N2/c1-19(2,3)17-8-11-21(12-9-17)14-16-6-4-5-15-13-20-10-7-18(15)16/h4-6,17,20H,7-14H2,1-3H3. The Morgan fingerprint density at radius 3 is 2.67 bits per heavy atom. The number of hydrogen-bond donors (Lipinski definition) is 1. The lowest BCUT2D eigenvalue weighted by atomic mass is 9.75. The Morgan fingerprint density at radius 1 is 1.19 bits per heavy atom. The lowest BCUT2D eigenvalue weighted by molar-refractivity contribution is 0.108. The van der Waals surface area contributed by atoms with E-state index in [9.17, 15) is 0 Å². The molecule has 21 heavy (non-hydrogen) atoms. The summed E-state index contributed by atoms with van der Waals surface area (Å²) in [5.74, 6) is 0.891. The van der Waals surface area contributed by atoms with Crippen LogP contribution in [0.5, 0.6) is 0 Å². The molecule has 2 heteroatoms. The molecule has 1 aromatic carbocycles. The van der Waals surface area contributed by atoms with Gasteiger partial charge >= 0.3 is 0 Å². The van der Waals surface area contributed by atoms with Gasteiger partial charge in [0.2, 0.25) is 0 Å². The van der Waals surface area contributed by atoms with E-state index in [1.807, 2.05) is 0 Å². The zero-order valence-corrected chi connectivity index (χ0v) is 13.9. The van der Waals surface area contributed by atoms with Gasteiger partial charge in [0.05, 0.1) is 0 Å². The van der Waals surface area contributed by atoms with Gasteiger partial charge in [-0.2, -0.15) is 0 Å². The van der Waals surface area contributed by atoms with Gasteiger partial charge in [-0.25, -0.2) is 0 Å². The van der Waals surface area contributed by atoms with Gasteiger partial charge in [0.15, 0.2) is 0 Å². The highest BCUT2D eigenvalue weighted by Gasteiger charge is 2.29. The molecule has 1 saturated heterocycles. The first kappa shape index (κ1) is 15.1. The van der Waals surface area contributed by atoms with E-state index in [4.69, 9.17) is 0 Å². The fourth-order valence-corrected chi connectivity index (χ4v) is 3.96. The molecule has 2 nitrogen and oxygen atoms in total. The van der Waals surface area contributed by atoms with E-state index in [0.717, 1.165) is 25.6 Å². The molecular formula is C19H30N2. The van der Waals surface area contributed by atoms with Crippen LogP contribution in [0.25, 0.3) is 0 Å². The van der Waals surface area contributed by atoms with Crippen molar-refractivity contribution in [1.29, 1.82) is 0 Å². The Hall–Kier alpha value is -0.860. The summed E-state index contributed by atoms with van der Waals surface area (Å²) in [6.45, 7) is 13.1. The van der Waals surface area contributed by atoms with Crippen LogP contribution < -0.4 is 5.32 Å². The Bertz CT molecular complexity index is 479. The van der Waals surface area contributed by atoms with E-state index < -0.39 is 0 Å². The second kappa shape index (κ2) is 6.10. The molecular weight excluding hydrogens is 256 g/mol. The summed E-state index contributed by atoms with van der Waals surface area (Å²) in [6.07, 6.45) is 3.92. The molecule has 0 atom stereocenters. The summed E-state index contributed by atoms with van der Waals surface area (Å²) in [7, 11) is 0. The van der Waals surface area contributed by atoms with E-state index in [-0.39, 0.29) is 0 Å². The normalized spacial score (nSPS) is 21.3. The van der Waals surface area contributed by atoms with Crippen LogP contribution in [0.2, 0.25) is 0 Å². The zero-order valence-electron chi connectivity index (χ0n) is 13.9. The summed E-state index contributed by atoms with van der Waals surface area (Å²) in [4.78, 5) is 2.67. The van der Waals surface area contributed by atoms with Crippen molar-refractivity contribution in [2.75, 3.05) is 19.6 Å². The average Bonchev–Trinajstić information content (AvgIpc) is 2.47. The highest BCUT2D eigenvalue weighted by molar-refractivity contribution is 5.37. The van der Waals surface area contributed by atoms with Gasteiger partial charge in [-0.1, -0.05) is 39.0 Å². The molecule has 0 aliphatic carbocycles. The smallest absolute Gasteiger partial charge is 0.0236 e. The molecule has 0 radical (unpaired) electrons. The van der Waals surface area contributed by atoms with Crippen molar-refractivity contribution >= 4 is 0 Å². The third kappa shape index (κ3) is 3.49. The molecule has 2 aliphatic heterocycles. The van der Waals surface area contributed by atoms with Crippen LogP contribution in [0.1, 0.15) is 50.3 Å². The molecule has 2 aliphatic rings. The summed E-state index contributed by atoms with van der Waals surface area (Å²) in [5, 5.41) is 3.48. The maximum absolute atomic E-state index is 3.48. The van der Waals surface area contributed by atoms with Crippen molar-refractivity contribution in [3.63, 3.8) is 0 Å². The molecule has 0 amide bonds. The minimum absolute atomic E-state index is 0.476. The highest BCUT2D eigenvalue weighted by Crippen LogP contribution is 2.34. The van der Waals surface area contributed by atoms with Crippen molar-refractivity contribution in [3.05, 3.63) is 34.9 Å². The predicted octanol–water partition coefficient (Wildman–Crippen LogP) is 3.59. The molecule has 1 fully saturated rings. The fourth-order valence-electron chi connectivity index (χ4n) is 3.96. The van der Waals surface area contributed by atoms with Crippen molar-refractivity contribution in [1.82, 2.24) is 10.2 Å². The van der Waals surface area contributed by atoms with Crippen LogP contribution >= 0.6 is 0 Å². The number of piperidine rings is 1. The van der Waals surface area contributed by atoms with Gasteiger partial charge in [-0.05, 0) is 66.9 Å². The van der Waals surface area contributed by atoms with Gasteiger partial charge in [0.1, 0.15) is 0 Å². The van der Waals surface area contributed by atoms with Crippen LogP contribution in [-0.2, 0) is 19.5 Å². The monoisotopic (exact) mass is 286 g/mol. The minimum atomic E-state index is 0.476. The van der Waals surface area contributed by atoms with E-state index in [1.54, 1.807) is 11.1 Å². The second-order valence-corrected chi connectivity index (χ2v) is 7.90. The lowest BCUT2D eigenvalue weighted by Gasteiger charge is -2.39. The maximum Gasteiger partial charge on any atom is 0.0236 e. The van der Waals surface area contributed by atoms with Gasteiger partial charge in [-0.3, -0.25) is 4.90 Å². The van der Waals surface area contributed by atoms with E-state index >= 15 is 0 Å². The molecule has 1 aromatic rings. The van der Waals surface area contributed by atoms with Gasteiger partial charge in [0, 0.05) is 13.1 Å². The summed E-state index contributed by atoms with van der Waals surface area (Å²) >= 11 is 0. The van der Waals surface area contributed by atoms with Gasteiger partial charge < -0.3 is 5.32 Å². The number of nitrogens with zero attached hydrogens (tertiary/aromatic N) is 1. The third-order valence-corrected chi connectivity index (χ3v) is 5.44. The number of rotatable bonds is 2. The highest BCUT2D eigenvalue weighted by atomic mass is 15.1. The number of hydrogen-bond acceptors (Lipinski definition) is 2. The average molecular weight is 286 g/mol. The van der Waals surface area contributed by atoms with Crippen LogP contribution in [0, 0.1) is 11.3 Å².